The van der Waals surface area contributed by atoms with Gasteiger partial charge in [0, 0.05) is 12.7 Å². The molecule has 0 saturated heterocycles. The molecule has 6 nitrogen and oxygen atoms in total. The molecule has 114 valence electrons. The molecular formula is C13H17FN4O2S. The van der Waals surface area contributed by atoms with Crippen LogP contribution in [0.15, 0.2) is 35.5 Å². The van der Waals surface area contributed by atoms with E-state index in [9.17, 15) is 12.8 Å². The second-order valence-corrected chi connectivity index (χ2v) is 6.35. The number of hydrogen-bond acceptors (Lipinski definition) is 4. The molecule has 1 aromatic carbocycles. The van der Waals surface area contributed by atoms with Crippen LogP contribution in [0.3, 0.4) is 0 Å². The molecule has 1 heterocycles. The zero-order valence-electron chi connectivity index (χ0n) is 11.6. The minimum Gasteiger partial charge on any atom is -0.330 e. The Balaban J connectivity index is 2.19. The highest BCUT2D eigenvalue weighted by molar-refractivity contribution is 7.92. The topological polar surface area (TPSA) is 90.0 Å². The summed E-state index contributed by atoms with van der Waals surface area (Å²) in [4.78, 5) is -0.0144. The molecule has 0 atom stereocenters. The van der Waals surface area contributed by atoms with Crippen LogP contribution in [0, 0.1) is 12.7 Å². The van der Waals surface area contributed by atoms with Crippen molar-refractivity contribution in [1.82, 2.24) is 9.78 Å². The fourth-order valence-electron chi connectivity index (χ4n) is 1.77. The van der Waals surface area contributed by atoms with E-state index in [1.807, 2.05) is 0 Å². The van der Waals surface area contributed by atoms with E-state index < -0.39 is 15.8 Å². The van der Waals surface area contributed by atoms with Crippen molar-refractivity contribution in [1.29, 1.82) is 0 Å². The molecule has 0 unspecified atom stereocenters. The number of halogens is 1. The highest BCUT2D eigenvalue weighted by Crippen LogP contribution is 2.19. The molecule has 0 radical (unpaired) electrons. The predicted octanol–water partition coefficient (Wildman–Crippen LogP) is 1.48. The molecule has 3 N–H and O–H groups in total. The summed E-state index contributed by atoms with van der Waals surface area (Å²) in [6, 6.07) is 4.29. The number of anilines is 1. The first-order valence-corrected chi connectivity index (χ1v) is 7.92. The average molecular weight is 312 g/mol. The Kier molecular flexibility index (Phi) is 4.59. The van der Waals surface area contributed by atoms with Gasteiger partial charge in [-0.2, -0.15) is 5.10 Å². The lowest BCUT2D eigenvalue weighted by molar-refractivity contribution is 0.582. The van der Waals surface area contributed by atoms with Crippen LogP contribution in [0.1, 0.15) is 12.0 Å². The summed E-state index contributed by atoms with van der Waals surface area (Å²) in [5.41, 5.74) is 6.01. The van der Waals surface area contributed by atoms with Gasteiger partial charge in [-0.25, -0.2) is 12.8 Å². The normalized spacial score (nSPS) is 11.6. The van der Waals surface area contributed by atoms with Crippen LogP contribution in [0.25, 0.3) is 0 Å². The maximum absolute atomic E-state index is 13.7. The molecular weight excluding hydrogens is 295 g/mol. The fraction of sp³-hybridized carbons (Fsp3) is 0.308. The van der Waals surface area contributed by atoms with E-state index in [0.717, 1.165) is 0 Å². The summed E-state index contributed by atoms with van der Waals surface area (Å²) in [5.74, 6) is -0.617. The first-order chi connectivity index (χ1) is 9.92. The number of sulfonamides is 1. The number of hydrogen-bond donors (Lipinski definition) is 2. The fourth-order valence-corrected chi connectivity index (χ4v) is 2.78. The molecule has 2 rings (SSSR count). The van der Waals surface area contributed by atoms with E-state index in [-0.39, 0.29) is 10.6 Å². The molecule has 21 heavy (non-hydrogen) atoms. The highest BCUT2D eigenvalue weighted by Gasteiger charge is 2.18. The van der Waals surface area contributed by atoms with Crippen molar-refractivity contribution in [2.24, 2.45) is 5.73 Å². The molecule has 0 aliphatic carbocycles. The average Bonchev–Trinajstić information content (AvgIpc) is 2.89. The standard InChI is InChI=1S/C13H17FN4O2S/c1-10-3-4-13(12(14)7-10)17-21(19,20)11-8-16-18(9-11)6-2-5-15/h3-4,7-9,17H,2,5-6,15H2,1H3. The maximum atomic E-state index is 13.7. The summed E-state index contributed by atoms with van der Waals surface area (Å²) in [7, 11) is -3.86. The zero-order chi connectivity index (χ0) is 15.5. The Morgan fingerprint density at radius 1 is 1.43 bits per heavy atom. The molecule has 0 bridgehead atoms. The third kappa shape index (κ3) is 3.79. The van der Waals surface area contributed by atoms with Crippen LogP contribution >= 0.6 is 0 Å². The van der Waals surface area contributed by atoms with Gasteiger partial charge in [-0.15, -0.1) is 0 Å². The summed E-state index contributed by atoms with van der Waals surface area (Å²) in [6.45, 7) is 2.75. The Morgan fingerprint density at radius 2 is 2.19 bits per heavy atom. The summed E-state index contributed by atoms with van der Waals surface area (Å²) in [5, 5.41) is 3.95. The molecule has 2 aromatic rings. The number of nitrogens with zero attached hydrogens (tertiary/aromatic N) is 2. The molecule has 0 fully saturated rings. The van der Waals surface area contributed by atoms with E-state index in [4.69, 9.17) is 5.73 Å². The van der Waals surface area contributed by atoms with Gasteiger partial charge in [0.05, 0.1) is 11.9 Å². The van der Waals surface area contributed by atoms with Gasteiger partial charge in [-0.05, 0) is 37.6 Å². The first kappa shape index (κ1) is 15.5. The Hall–Kier alpha value is -1.93. The Morgan fingerprint density at radius 3 is 2.86 bits per heavy atom. The smallest absolute Gasteiger partial charge is 0.265 e. The number of benzene rings is 1. The minimum absolute atomic E-state index is 0.0144. The van der Waals surface area contributed by atoms with E-state index in [2.05, 4.69) is 9.82 Å². The lowest BCUT2D eigenvalue weighted by atomic mass is 10.2. The van der Waals surface area contributed by atoms with E-state index >= 15 is 0 Å². The van der Waals surface area contributed by atoms with Crippen LogP contribution < -0.4 is 10.5 Å². The minimum atomic E-state index is -3.86. The lowest BCUT2D eigenvalue weighted by Crippen LogP contribution is -2.13. The van der Waals surface area contributed by atoms with Gasteiger partial charge in [0.2, 0.25) is 0 Å². The second kappa shape index (κ2) is 6.23. The van der Waals surface area contributed by atoms with Crippen molar-refractivity contribution in [3.63, 3.8) is 0 Å². The predicted molar refractivity (Wildman–Crippen MR) is 77.8 cm³/mol. The molecule has 0 aliphatic rings. The van der Waals surface area contributed by atoms with Crippen molar-refractivity contribution < 1.29 is 12.8 Å². The van der Waals surface area contributed by atoms with E-state index in [1.165, 1.54) is 29.2 Å². The van der Waals surface area contributed by atoms with E-state index in [0.29, 0.717) is 25.1 Å². The van der Waals surface area contributed by atoms with Crippen LogP contribution in [0.5, 0.6) is 0 Å². The number of nitrogens with one attached hydrogen (secondary N) is 1. The van der Waals surface area contributed by atoms with Crippen LogP contribution in [0.2, 0.25) is 0 Å². The quantitative estimate of drug-likeness (QED) is 0.845. The molecule has 0 spiro atoms. The first-order valence-electron chi connectivity index (χ1n) is 6.44. The van der Waals surface area contributed by atoms with Crippen molar-refractivity contribution in [3.05, 3.63) is 42.0 Å². The largest absolute Gasteiger partial charge is 0.330 e. The van der Waals surface area contributed by atoms with Crippen LogP contribution in [-0.2, 0) is 16.6 Å². The number of nitrogens with two attached hydrogens (primary N) is 1. The summed E-state index contributed by atoms with van der Waals surface area (Å²) in [6.07, 6.45) is 3.32. The van der Waals surface area contributed by atoms with Gasteiger partial charge in [-0.1, -0.05) is 6.07 Å². The van der Waals surface area contributed by atoms with Crippen molar-refractivity contribution in [3.8, 4) is 0 Å². The van der Waals surface area contributed by atoms with Gasteiger partial charge in [0.15, 0.2) is 0 Å². The van der Waals surface area contributed by atoms with Gasteiger partial charge < -0.3 is 5.73 Å². The number of aromatic nitrogens is 2. The molecule has 0 saturated carbocycles. The number of rotatable bonds is 6. The highest BCUT2D eigenvalue weighted by atomic mass is 32.2. The monoisotopic (exact) mass is 312 g/mol. The lowest BCUT2D eigenvalue weighted by Gasteiger charge is -2.07. The molecule has 0 amide bonds. The van der Waals surface area contributed by atoms with Crippen molar-refractivity contribution >= 4 is 15.7 Å². The van der Waals surface area contributed by atoms with Gasteiger partial charge in [0.25, 0.3) is 10.0 Å². The Bertz CT molecular complexity index is 728. The number of aryl methyl sites for hydroxylation is 2. The van der Waals surface area contributed by atoms with Gasteiger partial charge in [0.1, 0.15) is 10.7 Å². The zero-order valence-corrected chi connectivity index (χ0v) is 12.4. The maximum Gasteiger partial charge on any atom is 0.265 e. The molecule has 8 heteroatoms. The third-order valence-electron chi connectivity index (χ3n) is 2.88. The SMILES string of the molecule is Cc1ccc(NS(=O)(=O)c2cnn(CCCN)c2)c(F)c1. The molecule has 0 aliphatic heterocycles. The molecule has 1 aromatic heterocycles. The van der Waals surface area contributed by atoms with Gasteiger partial charge in [-0.3, -0.25) is 9.40 Å². The third-order valence-corrected chi connectivity index (χ3v) is 4.20. The van der Waals surface area contributed by atoms with Crippen molar-refractivity contribution in [2.45, 2.75) is 24.8 Å². The van der Waals surface area contributed by atoms with Crippen LogP contribution in [-0.4, -0.2) is 24.7 Å². The van der Waals surface area contributed by atoms with Crippen LogP contribution in [0.4, 0.5) is 10.1 Å². The van der Waals surface area contributed by atoms with E-state index in [1.54, 1.807) is 13.0 Å². The summed E-state index contributed by atoms with van der Waals surface area (Å²) < 4.78 is 41.8. The second-order valence-electron chi connectivity index (χ2n) is 4.67. The Labute approximate surface area is 122 Å². The summed E-state index contributed by atoms with van der Waals surface area (Å²) >= 11 is 0. The van der Waals surface area contributed by atoms with Crippen molar-refractivity contribution in [2.75, 3.05) is 11.3 Å². The van der Waals surface area contributed by atoms with Gasteiger partial charge >= 0.3 is 0 Å².